The van der Waals surface area contributed by atoms with E-state index >= 15 is 0 Å². The quantitative estimate of drug-likeness (QED) is 0.485. The molecule has 1 saturated heterocycles. The van der Waals surface area contributed by atoms with E-state index in [4.69, 9.17) is 9.14 Å². The fourth-order valence-corrected chi connectivity index (χ4v) is 0.615. The van der Waals surface area contributed by atoms with E-state index in [1.807, 2.05) is 0 Å². The maximum Gasteiger partial charge on any atom is 0.458 e. The van der Waals surface area contributed by atoms with Gasteiger partial charge in [-0.05, 0) is 6.32 Å². The van der Waals surface area contributed by atoms with Crippen LogP contribution in [0, 0.1) is 0 Å². The van der Waals surface area contributed by atoms with Crippen LogP contribution in [-0.2, 0) is 13.7 Å². The van der Waals surface area contributed by atoms with Gasteiger partial charge in [0.2, 0.25) is 0 Å². The van der Waals surface area contributed by atoms with E-state index in [1.165, 1.54) is 15.4 Å². The molecule has 46 valence electrons. The lowest BCUT2D eigenvalue weighted by Crippen LogP contribution is -2.34. The minimum atomic E-state index is -0.135. The summed E-state index contributed by atoms with van der Waals surface area (Å²) >= 11 is 0. The SMILES string of the molecule is CCCB1O[B]O[B]O1. The van der Waals surface area contributed by atoms with Crippen LogP contribution in [0.5, 0.6) is 0 Å². The molecule has 3 nitrogen and oxygen atoms in total. The molecule has 1 rings (SSSR count). The molecule has 6 heteroatoms. The van der Waals surface area contributed by atoms with Crippen molar-refractivity contribution in [2.75, 3.05) is 0 Å². The summed E-state index contributed by atoms with van der Waals surface area (Å²) in [6.07, 6.45) is 1.95. The first-order valence-corrected chi connectivity index (χ1v) is 3.03. The molecule has 9 heavy (non-hydrogen) atoms. The second kappa shape index (κ2) is 3.98. The van der Waals surface area contributed by atoms with Gasteiger partial charge in [0, 0.05) is 0 Å². The highest BCUT2D eigenvalue weighted by Crippen LogP contribution is 2.02. The molecule has 1 heterocycles. The number of rotatable bonds is 2. The highest BCUT2D eigenvalue weighted by Gasteiger charge is 2.22. The smallest absolute Gasteiger partial charge is 0.457 e. The summed E-state index contributed by atoms with van der Waals surface area (Å²) in [6, 6.07) is 0. The third kappa shape index (κ3) is 2.43. The average molecular weight is 124 g/mol. The van der Waals surface area contributed by atoms with Gasteiger partial charge in [0.1, 0.15) is 0 Å². The van der Waals surface area contributed by atoms with E-state index < -0.39 is 0 Å². The molecule has 0 atom stereocenters. The van der Waals surface area contributed by atoms with Gasteiger partial charge in [0.05, 0.1) is 0 Å². The van der Waals surface area contributed by atoms with Crippen LogP contribution in [0.4, 0.5) is 0 Å². The van der Waals surface area contributed by atoms with Crippen LogP contribution >= 0.6 is 0 Å². The Kier molecular flexibility index (Phi) is 3.18. The topological polar surface area (TPSA) is 27.7 Å². The van der Waals surface area contributed by atoms with Crippen molar-refractivity contribution in [2.24, 2.45) is 0 Å². The Hall–Kier alpha value is 0.0748. The molecule has 0 saturated carbocycles. The molecule has 0 bridgehead atoms. The van der Waals surface area contributed by atoms with E-state index in [0.717, 1.165) is 12.7 Å². The van der Waals surface area contributed by atoms with Crippen LogP contribution in [0.25, 0.3) is 0 Å². The first-order valence-electron chi connectivity index (χ1n) is 3.03. The van der Waals surface area contributed by atoms with Gasteiger partial charge < -0.3 is 13.7 Å². The van der Waals surface area contributed by atoms with Gasteiger partial charge in [-0.25, -0.2) is 0 Å². The van der Waals surface area contributed by atoms with E-state index in [-0.39, 0.29) is 7.12 Å². The maximum atomic E-state index is 4.92. The van der Waals surface area contributed by atoms with Crippen molar-refractivity contribution < 1.29 is 13.7 Å². The van der Waals surface area contributed by atoms with Gasteiger partial charge in [-0.15, -0.1) is 0 Å². The summed E-state index contributed by atoms with van der Waals surface area (Å²) in [5.74, 6) is 0. The molecule has 0 amide bonds. The monoisotopic (exact) mass is 124 g/mol. The molecule has 1 aliphatic rings. The predicted molar refractivity (Wildman–Crippen MR) is 35.6 cm³/mol. The van der Waals surface area contributed by atoms with Crippen molar-refractivity contribution in [1.82, 2.24) is 0 Å². The third-order valence-corrected chi connectivity index (χ3v) is 1.05. The fraction of sp³-hybridized carbons (Fsp3) is 1.00. The molecule has 0 aromatic carbocycles. The number of hydrogen-bond donors (Lipinski definition) is 0. The van der Waals surface area contributed by atoms with Gasteiger partial charge >= 0.3 is 22.5 Å². The van der Waals surface area contributed by atoms with Crippen LogP contribution in [-0.4, -0.2) is 22.5 Å². The normalized spacial score (nSPS) is 18.6. The minimum absolute atomic E-state index is 0.135. The van der Waals surface area contributed by atoms with Gasteiger partial charge in [0.15, 0.2) is 0 Å². The molecule has 0 N–H and O–H groups in total. The molecule has 1 fully saturated rings. The Morgan fingerprint density at radius 3 is 2.56 bits per heavy atom. The lowest BCUT2D eigenvalue weighted by molar-refractivity contribution is 0.322. The minimum Gasteiger partial charge on any atom is -0.457 e. The summed E-state index contributed by atoms with van der Waals surface area (Å²) in [5, 5.41) is 0. The van der Waals surface area contributed by atoms with Crippen molar-refractivity contribution in [3.8, 4) is 0 Å². The Labute approximate surface area is 56.8 Å². The van der Waals surface area contributed by atoms with Crippen molar-refractivity contribution >= 4 is 22.5 Å². The van der Waals surface area contributed by atoms with Gasteiger partial charge in [-0.1, -0.05) is 13.3 Å². The molecular weight excluding hydrogens is 116 g/mol. The summed E-state index contributed by atoms with van der Waals surface area (Å²) in [7, 11) is 2.43. The molecule has 0 unspecified atom stereocenters. The fourth-order valence-electron chi connectivity index (χ4n) is 0.615. The molecule has 0 spiro atoms. The van der Waals surface area contributed by atoms with Crippen molar-refractivity contribution in [2.45, 2.75) is 19.7 Å². The second-order valence-corrected chi connectivity index (χ2v) is 1.82. The number of hydrogen-bond acceptors (Lipinski definition) is 3. The summed E-state index contributed by atoms with van der Waals surface area (Å²) in [4.78, 5) is 0. The van der Waals surface area contributed by atoms with Crippen molar-refractivity contribution in [3.05, 3.63) is 0 Å². The van der Waals surface area contributed by atoms with Crippen LogP contribution in [0.15, 0.2) is 0 Å². The van der Waals surface area contributed by atoms with Gasteiger partial charge in [-0.2, -0.15) is 0 Å². The van der Waals surface area contributed by atoms with Crippen molar-refractivity contribution in [3.63, 3.8) is 0 Å². The van der Waals surface area contributed by atoms with Crippen molar-refractivity contribution in [1.29, 1.82) is 0 Å². The first kappa shape index (κ1) is 7.19. The average Bonchev–Trinajstić information content (AvgIpc) is 1.91. The van der Waals surface area contributed by atoms with E-state index in [0.29, 0.717) is 0 Å². The highest BCUT2D eigenvalue weighted by molar-refractivity contribution is 6.61. The Balaban J connectivity index is 2.08. The van der Waals surface area contributed by atoms with Crippen LogP contribution < -0.4 is 0 Å². The molecule has 0 aliphatic carbocycles. The second-order valence-electron chi connectivity index (χ2n) is 1.82. The van der Waals surface area contributed by atoms with E-state index in [9.17, 15) is 0 Å². The first-order chi connectivity index (χ1) is 4.43. The van der Waals surface area contributed by atoms with Crippen LogP contribution in [0.3, 0.4) is 0 Å². The van der Waals surface area contributed by atoms with Crippen LogP contribution in [0.1, 0.15) is 13.3 Å². The molecule has 2 radical (unpaired) electrons. The predicted octanol–water partition coefficient (Wildman–Crippen LogP) is 0.0164. The van der Waals surface area contributed by atoms with Gasteiger partial charge in [0.25, 0.3) is 0 Å². The molecule has 1 aliphatic heterocycles. The zero-order valence-electron chi connectivity index (χ0n) is 5.37. The van der Waals surface area contributed by atoms with E-state index in [2.05, 4.69) is 11.5 Å². The van der Waals surface area contributed by atoms with Crippen LogP contribution in [0.2, 0.25) is 6.32 Å². The zero-order valence-corrected chi connectivity index (χ0v) is 5.37. The highest BCUT2D eigenvalue weighted by atomic mass is 16.7. The largest absolute Gasteiger partial charge is 0.458 e. The Bertz CT molecular complexity index is 71.9. The summed E-state index contributed by atoms with van der Waals surface area (Å²) in [5.41, 5.74) is 0. The lowest BCUT2D eigenvalue weighted by Gasteiger charge is -2.17. The lowest BCUT2D eigenvalue weighted by atomic mass is 9.79. The molecule has 0 aromatic rings. The van der Waals surface area contributed by atoms with E-state index in [1.54, 1.807) is 0 Å². The summed E-state index contributed by atoms with van der Waals surface area (Å²) < 4.78 is 14.4. The standard InChI is InChI=1S/C3H7B3O3/c1-2-3-6-8-4-7-5-9-6/h2-3H2,1H3. The van der Waals surface area contributed by atoms with Gasteiger partial charge in [-0.3, -0.25) is 0 Å². The zero-order chi connectivity index (χ0) is 6.53. The Morgan fingerprint density at radius 2 is 2.00 bits per heavy atom. The molecule has 0 aromatic heterocycles. The Morgan fingerprint density at radius 1 is 1.33 bits per heavy atom. The molecular formula is C3H7B3O3. The maximum absolute atomic E-state index is 4.92. The third-order valence-electron chi connectivity index (χ3n) is 1.05. The summed E-state index contributed by atoms with van der Waals surface area (Å²) in [6.45, 7) is 2.07.